The van der Waals surface area contributed by atoms with Crippen LogP contribution in [-0.4, -0.2) is 6.54 Å². The summed E-state index contributed by atoms with van der Waals surface area (Å²) in [4.78, 5) is 0. The fourth-order valence-corrected chi connectivity index (χ4v) is 2.10. The molecule has 1 aromatic carbocycles. The molecule has 16 heavy (non-hydrogen) atoms. The zero-order valence-corrected chi connectivity index (χ0v) is 12.1. The summed E-state index contributed by atoms with van der Waals surface area (Å²) in [5, 5.41) is 0.735. The molecule has 0 aliphatic heterocycles. The van der Waals surface area contributed by atoms with Crippen molar-refractivity contribution >= 4 is 39.9 Å². The Balaban J connectivity index is 0.00000225. The predicted molar refractivity (Wildman–Crippen MR) is 76.2 cm³/mol. The van der Waals surface area contributed by atoms with Gasteiger partial charge >= 0.3 is 0 Å². The lowest BCUT2D eigenvalue weighted by atomic mass is 10.0. The number of halogens is 3. The smallest absolute Gasteiger partial charge is 0.0454 e. The molecular weight excluding hydrogens is 311 g/mol. The van der Waals surface area contributed by atoms with Gasteiger partial charge in [0.25, 0.3) is 0 Å². The van der Waals surface area contributed by atoms with E-state index in [0.29, 0.717) is 0 Å². The van der Waals surface area contributed by atoms with Crippen molar-refractivity contribution in [2.75, 3.05) is 6.54 Å². The van der Waals surface area contributed by atoms with Gasteiger partial charge in [0.1, 0.15) is 0 Å². The first kappa shape index (κ1) is 16.2. The van der Waals surface area contributed by atoms with Crippen molar-refractivity contribution in [1.82, 2.24) is 0 Å². The minimum atomic E-state index is 0. The second-order valence-corrected chi connectivity index (χ2v) is 4.88. The number of benzene rings is 1. The minimum absolute atomic E-state index is 0. The summed E-state index contributed by atoms with van der Waals surface area (Å²) < 4.78 is 1.01. The molecule has 0 fully saturated rings. The van der Waals surface area contributed by atoms with Crippen molar-refractivity contribution in [3.05, 3.63) is 33.3 Å². The molecule has 2 nitrogen and oxygen atoms in total. The molecule has 0 aliphatic carbocycles. The van der Waals surface area contributed by atoms with Crippen LogP contribution in [0.3, 0.4) is 0 Å². The fraction of sp³-hybridized carbons (Fsp3) is 0.455. The standard InChI is InChI=1S/C11H16BrClN2.ClH/c12-8-4-5-10(13)9(7-8)11(15)3-1-2-6-14;/h4-5,7,11H,1-3,6,14-15H2;1H/t11-;/m1./s1. The molecule has 0 unspecified atom stereocenters. The second-order valence-electron chi connectivity index (χ2n) is 3.56. The van der Waals surface area contributed by atoms with E-state index in [4.69, 9.17) is 23.1 Å². The molecule has 92 valence electrons. The lowest BCUT2D eigenvalue weighted by Gasteiger charge is -2.13. The van der Waals surface area contributed by atoms with E-state index in [0.717, 1.165) is 40.9 Å². The van der Waals surface area contributed by atoms with Gasteiger partial charge in [-0.25, -0.2) is 0 Å². The highest BCUT2D eigenvalue weighted by atomic mass is 79.9. The van der Waals surface area contributed by atoms with Crippen molar-refractivity contribution in [1.29, 1.82) is 0 Å². The van der Waals surface area contributed by atoms with Crippen LogP contribution in [0.1, 0.15) is 30.9 Å². The maximum Gasteiger partial charge on any atom is 0.0454 e. The number of nitrogens with two attached hydrogens (primary N) is 2. The highest BCUT2D eigenvalue weighted by molar-refractivity contribution is 9.10. The van der Waals surface area contributed by atoms with Gasteiger partial charge in [0, 0.05) is 15.5 Å². The Morgan fingerprint density at radius 2 is 2.00 bits per heavy atom. The molecule has 0 spiro atoms. The first-order chi connectivity index (χ1) is 7.15. The van der Waals surface area contributed by atoms with Gasteiger partial charge < -0.3 is 11.5 Å². The summed E-state index contributed by atoms with van der Waals surface area (Å²) in [6.07, 6.45) is 2.98. The van der Waals surface area contributed by atoms with Crippen LogP contribution in [0.4, 0.5) is 0 Å². The van der Waals surface area contributed by atoms with Gasteiger partial charge in [-0.05, 0) is 43.1 Å². The van der Waals surface area contributed by atoms with E-state index in [9.17, 15) is 0 Å². The predicted octanol–water partition coefficient (Wildman–Crippen LogP) is 3.65. The van der Waals surface area contributed by atoms with E-state index >= 15 is 0 Å². The molecule has 1 aromatic rings. The zero-order chi connectivity index (χ0) is 11.3. The first-order valence-electron chi connectivity index (χ1n) is 5.05. The van der Waals surface area contributed by atoms with Crippen molar-refractivity contribution in [2.24, 2.45) is 11.5 Å². The number of rotatable bonds is 5. The lowest BCUT2D eigenvalue weighted by Crippen LogP contribution is -2.11. The Morgan fingerprint density at radius 3 is 2.62 bits per heavy atom. The highest BCUT2D eigenvalue weighted by Gasteiger charge is 2.10. The van der Waals surface area contributed by atoms with Gasteiger partial charge in [-0.1, -0.05) is 34.0 Å². The first-order valence-corrected chi connectivity index (χ1v) is 6.23. The monoisotopic (exact) mass is 326 g/mol. The molecule has 0 saturated heterocycles. The Labute approximate surface area is 116 Å². The molecule has 0 aliphatic rings. The van der Waals surface area contributed by atoms with E-state index in [-0.39, 0.29) is 18.4 Å². The maximum atomic E-state index is 6.08. The topological polar surface area (TPSA) is 52.0 Å². The quantitative estimate of drug-likeness (QED) is 0.811. The number of hydrogen-bond acceptors (Lipinski definition) is 2. The number of hydrogen-bond donors (Lipinski definition) is 2. The van der Waals surface area contributed by atoms with Crippen molar-refractivity contribution in [3.8, 4) is 0 Å². The van der Waals surface area contributed by atoms with Gasteiger partial charge in [0.05, 0.1) is 0 Å². The Morgan fingerprint density at radius 1 is 1.31 bits per heavy atom. The largest absolute Gasteiger partial charge is 0.330 e. The zero-order valence-electron chi connectivity index (χ0n) is 8.96. The summed E-state index contributed by atoms with van der Waals surface area (Å²) in [6.45, 7) is 0.721. The molecule has 1 rings (SSSR count). The molecule has 0 aromatic heterocycles. The van der Waals surface area contributed by atoms with Crippen LogP contribution in [0, 0.1) is 0 Å². The average molecular weight is 328 g/mol. The van der Waals surface area contributed by atoms with E-state index in [2.05, 4.69) is 15.9 Å². The van der Waals surface area contributed by atoms with Gasteiger partial charge in [-0.2, -0.15) is 0 Å². The molecule has 0 amide bonds. The van der Waals surface area contributed by atoms with E-state index in [1.165, 1.54) is 0 Å². The van der Waals surface area contributed by atoms with Crippen LogP contribution in [0.15, 0.2) is 22.7 Å². The summed E-state index contributed by atoms with van der Waals surface area (Å²) in [5.74, 6) is 0. The third-order valence-electron chi connectivity index (χ3n) is 2.33. The molecule has 0 saturated carbocycles. The van der Waals surface area contributed by atoms with E-state index in [1.54, 1.807) is 0 Å². The van der Waals surface area contributed by atoms with Crippen molar-refractivity contribution < 1.29 is 0 Å². The van der Waals surface area contributed by atoms with Crippen molar-refractivity contribution in [3.63, 3.8) is 0 Å². The molecular formula is C11H17BrCl2N2. The third-order valence-corrected chi connectivity index (χ3v) is 3.16. The molecule has 1 atom stereocenters. The molecule has 0 radical (unpaired) electrons. The van der Waals surface area contributed by atoms with Gasteiger partial charge in [-0.3, -0.25) is 0 Å². The fourth-order valence-electron chi connectivity index (χ4n) is 1.46. The summed E-state index contributed by atoms with van der Waals surface area (Å²) >= 11 is 9.49. The molecule has 5 heteroatoms. The maximum absolute atomic E-state index is 6.08. The van der Waals surface area contributed by atoms with Crippen LogP contribution in [0.2, 0.25) is 5.02 Å². The van der Waals surface area contributed by atoms with Gasteiger partial charge in [0.2, 0.25) is 0 Å². The van der Waals surface area contributed by atoms with Crippen LogP contribution in [-0.2, 0) is 0 Å². The Hall–Kier alpha value is 0.200. The normalized spacial score (nSPS) is 12.0. The van der Waals surface area contributed by atoms with Gasteiger partial charge in [0.15, 0.2) is 0 Å². The number of unbranched alkanes of at least 4 members (excludes halogenated alkanes) is 1. The summed E-state index contributed by atoms with van der Waals surface area (Å²) in [7, 11) is 0. The summed E-state index contributed by atoms with van der Waals surface area (Å²) in [6, 6.07) is 5.76. The Kier molecular flexibility index (Phi) is 8.42. The Bertz CT molecular complexity index is 321. The molecule has 0 bridgehead atoms. The van der Waals surface area contributed by atoms with E-state index in [1.807, 2.05) is 18.2 Å². The van der Waals surface area contributed by atoms with Crippen LogP contribution >= 0.6 is 39.9 Å². The van der Waals surface area contributed by atoms with E-state index < -0.39 is 0 Å². The van der Waals surface area contributed by atoms with Crippen molar-refractivity contribution in [2.45, 2.75) is 25.3 Å². The second kappa shape index (κ2) is 8.31. The molecule has 0 heterocycles. The van der Waals surface area contributed by atoms with Crippen LogP contribution in [0.5, 0.6) is 0 Å². The summed E-state index contributed by atoms with van der Waals surface area (Å²) in [5.41, 5.74) is 12.5. The third kappa shape index (κ3) is 5.02. The molecule has 4 N–H and O–H groups in total. The minimum Gasteiger partial charge on any atom is -0.330 e. The highest BCUT2D eigenvalue weighted by Crippen LogP contribution is 2.27. The van der Waals surface area contributed by atoms with Crippen LogP contribution < -0.4 is 11.5 Å². The van der Waals surface area contributed by atoms with Crippen LogP contribution in [0.25, 0.3) is 0 Å². The average Bonchev–Trinajstić information content (AvgIpc) is 2.22. The SMILES string of the molecule is Cl.NCCCC[C@@H](N)c1cc(Br)ccc1Cl. The van der Waals surface area contributed by atoms with Gasteiger partial charge in [-0.15, -0.1) is 12.4 Å². The lowest BCUT2D eigenvalue weighted by molar-refractivity contribution is 0.591.